The monoisotopic (exact) mass is 396 g/mol. The maximum absolute atomic E-state index is 12.9. The van der Waals surface area contributed by atoms with Crippen LogP contribution in [0, 0.1) is 5.92 Å². The van der Waals surface area contributed by atoms with Crippen LogP contribution in [0.3, 0.4) is 0 Å². The largest absolute Gasteiger partial charge is 0.342 e. The molecule has 0 saturated carbocycles. The molecule has 8 heteroatoms. The molecule has 4 rings (SSSR count). The lowest BCUT2D eigenvalue weighted by Crippen LogP contribution is -2.43. The highest BCUT2D eigenvalue weighted by molar-refractivity contribution is 5.78. The number of aromatic nitrogens is 4. The molecule has 0 N–H and O–H groups in total. The van der Waals surface area contributed by atoms with Gasteiger partial charge in [-0.3, -0.25) is 14.3 Å². The van der Waals surface area contributed by atoms with Crippen LogP contribution in [0.25, 0.3) is 0 Å². The highest BCUT2D eigenvalue weighted by Gasteiger charge is 2.30. The van der Waals surface area contributed by atoms with Crippen LogP contribution in [0.2, 0.25) is 0 Å². The first-order valence-corrected chi connectivity index (χ1v) is 10.4. The summed E-state index contributed by atoms with van der Waals surface area (Å²) >= 11 is 0. The molecule has 0 radical (unpaired) electrons. The Morgan fingerprint density at radius 3 is 2.90 bits per heavy atom. The number of likely N-dealkylation sites (tertiary alicyclic amines) is 1. The summed E-state index contributed by atoms with van der Waals surface area (Å²) in [6, 6.07) is 1.87. The van der Waals surface area contributed by atoms with E-state index in [0.29, 0.717) is 26.2 Å². The number of rotatable bonds is 4. The van der Waals surface area contributed by atoms with E-state index in [0.717, 1.165) is 42.9 Å². The van der Waals surface area contributed by atoms with Gasteiger partial charge in [0.05, 0.1) is 18.2 Å². The van der Waals surface area contributed by atoms with Gasteiger partial charge in [-0.1, -0.05) is 6.92 Å². The topological polar surface area (TPSA) is 84.2 Å². The fraction of sp³-hybridized carbons (Fsp3) is 0.571. The third-order valence-corrected chi connectivity index (χ3v) is 5.94. The van der Waals surface area contributed by atoms with Crippen molar-refractivity contribution in [2.45, 2.75) is 52.1 Å². The smallest absolute Gasteiger partial charge is 0.227 e. The Bertz CT molecular complexity index is 881. The number of fused-ring (bicyclic) bond motifs is 1. The van der Waals surface area contributed by atoms with Gasteiger partial charge in [0.15, 0.2) is 0 Å². The van der Waals surface area contributed by atoms with Gasteiger partial charge in [0.25, 0.3) is 0 Å². The van der Waals surface area contributed by atoms with Crippen LogP contribution in [0.4, 0.5) is 0 Å². The van der Waals surface area contributed by atoms with Crippen molar-refractivity contribution < 1.29 is 9.59 Å². The lowest BCUT2D eigenvalue weighted by molar-refractivity contribution is -0.136. The zero-order valence-corrected chi connectivity index (χ0v) is 17.1. The lowest BCUT2D eigenvalue weighted by Gasteiger charge is -2.34. The van der Waals surface area contributed by atoms with Crippen molar-refractivity contribution in [1.29, 1.82) is 0 Å². The van der Waals surface area contributed by atoms with E-state index in [1.807, 2.05) is 35.2 Å². The molecular formula is C21H28N6O2. The first-order valence-electron chi connectivity index (χ1n) is 10.4. The molecule has 0 aromatic carbocycles. The van der Waals surface area contributed by atoms with Gasteiger partial charge in [0, 0.05) is 69.6 Å². The molecule has 0 aliphatic carbocycles. The Kier molecular flexibility index (Phi) is 5.60. The fourth-order valence-electron chi connectivity index (χ4n) is 4.26. The molecule has 2 aromatic heterocycles. The van der Waals surface area contributed by atoms with Crippen molar-refractivity contribution in [2.24, 2.45) is 5.92 Å². The second kappa shape index (κ2) is 8.31. The van der Waals surface area contributed by atoms with E-state index in [4.69, 9.17) is 4.98 Å². The molecule has 0 spiro atoms. The zero-order valence-electron chi connectivity index (χ0n) is 17.1. The average molecular weight is 396 g/mol. The summed E-state index contributed by atoms with van der Waals surface area (Å²) in [5.74, 6) is 1.14. The number of carbonyl (C=O) groups excluding carboxylic acids is 2. The average Bonchev–Trinajstić information content (AvgIpc) is 3.25. The number of carbonyl (C=O) groups is 2. The van der Waals surface area contributed by atoms with Gasteiger partial charge in [-0.05, 0) is 18.9 Å². The Morgan fingerprint density at radius 1 is 1.28 bits per heavy atom. The molecular weight excluding hydrogens is 368 g/mol. The van der Waals surface area contributed by atoms with Gasteiger partial charge < -0.3 is 9.80 Å². The van der Waals surface area contributed by atoms with E-state index in [-0.39, 0.29) is 23.7 Å². The van der Waals surface area contributed by atoms with E-state index < -0.39 is 0 Å². The SMILES string of the molecule is CC(=O)N1CCc2nc([C@@H]3CCCN(C(=O)[C@@H](C)Cn4cccn4)C3)ncc2C1. The number of hydrogen-bond acceptors (Lipinski definition) is 5. The second-order valence-corrected chi connectivity index (χ2v) is 8.14. The van der Waals surface area contributed by atoms with Crippen molar-refractivity contribution in [3.05, 3.63) is 41.7 Å². The van der Waals surface area contributed by atoms with E-state index >= 15 is 0 Å². The molecule has 1 fully saturated rings. The Hall–Kier alpha value is -2.77. The van der Waals surface area contributed by atoms with Crippen molar-refractivity contribution in [1.82, 2.24) is 29.5 Å². The lowest BCUT2D eigenvalue weighted by atomic mass is 9.95. The van der Waals surface area contributed by atoms with Crippen molar-refractivity contribution in [3.8, 4) is 0 Å². The van der Waals surface area contributed by atoms with Crippen LogP contribution < -0.4 is 0 Å². The summed E-state index contributed by atoms with van der Waals surface area (Å²) in [5.41, 5.74) is 2.08. The first-order chi connectivity index (χ1) is 14.0. The number of hydrogen-bond donors (Lipinski definition) is 0. The minimum absolute atomic E-state index is 0.0883. The summed E-state index contributed by atoms with van der Waals surface area (Å²) in [7, 11) is 0. The molecule has 154 valence electrons. The van der Waals surface area contributed by atoms with E-state index in [1.165, 1.54) is 0 Å². The van der Waals surface area contributed by atoms with E-state index in [1.54, 1.807) is 17.8 Å². The van der Waals surface area contributed by atoms with Gasteiger partial charge in [-0.15, -0.1) is 0 Å². The van der Waals surface area contributed by atoms with Gasteiger partial charge in [-0.25, -0.2) is 9.97 Å². The van der Waals surface area contributed by atoms with Crippen molar-refractivity contribution >= 4 is 11.8 Å². The highest BCUT2D eigenvalue weighted by Crippen LogP contribution is 2.27. The Balaban J connectivity index is 1.42. The molecule has 2 aliphatic heterocycles. The van der Waals surface area contributed by atoms with Crippen LogP contribution in [0.15, 0.2) is 24.7 Å². The fourth-order valence-corrected chi connectivity index (χ4v) is 4.26. The minimum Gasteiger partial charge on any atom is -0.342 e. The number of piperidine rings is 1. The van der Waals surface area contributed by atoms with Gasteiger partial charge >= 0.3 is 0 Å². The van der Waals surface area contributed by atoms with Gasteiger partial charge in [-0.2, -0.15) is 5.10 Å². The van der Waals surface area contributed by atoms with Gasteiger partial charge in [0.2, 0.25) is 11.8 Å². The summed E-state index contributed by atoms with van der Waals surface area (Å²) in [6.07, 6.45) is 8.21. The highest BCUT2D eigenvalue weighted by atomic mass is 16.2. The number of amides is 2. The Morgan fingerprint density at radius 2 is 2.14 bits per heavy atom. The van der Waals surface area contributed by atoms with Crippen LogP contribution in [0.1, 0.15) is 49.7 Å². The van der Waals surface area contributed by atoms with Crippen LogP contribution in [0.5, 0.6) is 0 Å². The standard InChI is InChI=1S/C21H28N6O2/c1-15(12-27-9-4-7-23-27)21(29)26-8-3-5-17(13-26)20-22-11-18-14-25(16(2)28)10-6-19(18)24-20/h4,7,9,11,15,17H,3,5-6,8,10,12-14H2,1-2H3/t15-,17+/m0/s1. The normalized spacial score (nSPS) is 20.3. The Labute approximate surface area is 170 Å². The molecule has 4 heterocycles. The van der Waals surface area contributed by atoms with E-state index in [9.17, 15) is 9.59 Å². The molecule has 2 aromatic rings. The minimum atomic E-state index is -0.115. The summed E-state index contributed by atoms with van der Waals surface area (Å²) < 4.78 is 1.81. The third kappa shape index (κ3) is 4.31. The van der Waals surface area contributed by atoms with Crippen molar-refractivity contribution in [2.75, 3.05) is 19.6 Å². The van der Waals surface area contributed by atoms with Crippen molar-refractivity contribution in [3.63, 3.8) is 0 Å². The van der Waals surface area contributed by atoms with Crippen LogP contribution in [-0.2, 0) is 29.1 Å². The van der Waals surface area contributed by atoms with Gasteiger partial charge in [0.1, 0.15) is 5.82 Å². The molecule has 8 nitrogen and oxygen atoms in total. The first kappa shape index (κ1) is 19.5. The predicted molar refractivity (Wildman–Crippen MR) is 107 cm³/mol. The molecule has 2 aliphatic rings. The second-order valence-electron chi connectivity index (χ2n) is 8.14. The predicted octanol–water partition coefficient (Wildman–Crippen LogP) is 1.62. The summed E-state index contributed by atoms with van der Waals surface area (Å²) in [6.45, 7) is 6.90. The summed E-state index contributed by atoms with van der Waals surface area (Å²) in [5, 5.41) is 4.20. The molecule has 0 unspecified atom stereocenters. The molecule has 2 amide bonds. The quantitative estimate of drug-likeness (QED) is 0.784. The zero-order chi connectivity index (χ0) is 20.4. The molecule has 2 atom stereocenters. The van der Waals surface area contributed by atoms with Crippen LogP contribution in [-0.4, -0.2) is 61.0 Å². The summed E-state index contributed by atoms with van der Waals surface area (Å²) in [4.78, 5) is 37.8. The maximum atomic E-state index is 12.9. The van der Waals surface area contributed by atoms with E-state index in [2.05, 4.69) is 10.1 Å². The maximum Gasteiger partial charge on any atom is 0.227 e. The van der Waals surface area contributed by atoms with Crippen LogP contribution >= 0.6 is 0 Å². The number of nitrogens with zero attached hydrogens (tertiary/aromatic N) is 6. The molecule has 29 heavy (non-hydrogen) atoms. The molecule has 1 saturated heterocycles. The third-order valence-electron chi connectivity index (χ3n) is 5.94. The molecule has 0 bridgehead atoms.